The minimum atomic E-state index is -3.91. The molecule has 0 saturated heterocycles. The van der Waals surface area contributed by atoms with Crippen molar-refractivity contribution in [2.24, 2.45) is 0 Å². The average molecular weight is 444 g/mol. The van der Waals surface area contributed by atoms with Crippen LogP contribution < -0.4 is 14.8 Å². The molecule has 0 radical (unpaired) electrons. The van der Waals surface area contributed by atoms with Gasteiger partial charge in [-0.05, 0) is 61.9 Å². The molecular formula is C22H22FN3O4S. The van der Waals surface area contributed by atoms with Crippen LogP contribution in [-0.4, -0.2) is 25.4 Å². The quantitative estimate of drug-likeness (QED) is 0.540. The summed E-state index contributed by atoms with van der Waals surface area (Å²) in [5.74, 6) is -0.457. The lowest BCUT2D eigenvalue weighted by molar-refractivity contribution is 0.0936. The Labute approximate surface area is 180 Å². The summed E-state index contributed by atoms with van der Waals surface area (Å²) >= 11 is 0. The fourth-order valence-corrected chi connectivity index (χ4v) is 3.66. The van der Waals surface area contributed by atoms with Crippen LogP contribution in [0.3, 0.4) is 0 Å². The Morgan fingerprint density at radius 3 is 2.58 bits per heavy atom. The van der Waals surface area contributed by atoms with Gasteiger partial charge in [0.2, 0.25) is 5.88 Å². The predicted octanol–water partition coefficient (Wildman–Crippen LogP) is 4.34. The molecule has 31 heavy (non-hydrogen) atoms. The number of carbonyl (C=O) groups is 1. The van der Waals surface area contributed by atoms with Gasteiger partial charge in [0, 0.05) is 18.3 Å². The Bertz CT molecular complexity index is 1170. The summed E-state index contributed by atoms with van der Waals surface area (Å²) in [5.41, 5.74) is 0.503. The number of pyridine rings is 1. The number of ether oxygens (including phenoxy) is 1. The Balaban J connectivity index is 1.80. The highest BCUT2D eigenvalue weighted by Crippen LogP contribution is 2.26. The minimum absolute atomic E-state index is 0.00949. The van der Waals surface area contributed by atoms with E-state index in [2.05, 4.69) is 15.0 Å². The summed E-state index contributed by atoms with van der Waals surface area (Å²) in [7, 11) is -3.91. The van der Waals surface area contributed by atoms with Gasteiger partial charge in [-0.3, -0.25) is 9.52 Å². The van der Waals surface area contributed by atoms with E-state index in [1.807, 2.05) is 13.8 Å². The van der Waals surface area contributed by atoms with Crippen LogP contribution >= 0.6 is 0 Å². The smallest absolute Gasteiger partial charge is 0.261 e. The molecule has 7 nitrogen and oxygen atoms in total. The van der Waals surface area contributed by atoms with Gasteiger partial charge < -0.3 is 10.1 Å². The van der Waals surface area contributed by atoms with E-state index in [1.165, 1.54) is 24.4 Å². The fourth-order valence-electron chi connectivity index (χ4n) is 2.61. The third kappa shape index (κ3) is 5.79. The molecule has 2 N–H and O–H groups in total. The van der Waals surface area contributed by atoms with Crippen LogP contribution in [0.1, 0.15) is 30.6 Å². The largest absolute Gasteiger partial charge is 0.438 e. The molecule has 0 aliphatic carbocycles. The van der Waals surface area contributed by atoms with E-state index in [0.29, 0.717) is 0 Å². The van der Waals surface area contributed by atoms with Crippen LogP contribution in [0.2, 0.25) is 0 Å². The van der Waals surface area contributed by atoms with Crippen molar-refractivity contribution in [3.63, 3.8) is 0 Å². The molecule has 0 unspecified atom stereocenters. The summed E-state index contributed by atoms with van der Waals surface area (Å²) in [6, 6.07) is 13.9. The molecule has 0 fully saturated rings. The molecule has 1 atom stereocenters. The lowest BCUT2D eigenvalue weighted by Gasteiger charge is -2.14. The zero-order valence-electron chi connectivity index (χ0n) is 17.0. The zero-order valence-corrected chi connectivity index (χ0v) is 17.8. The van der Waals surface area contributed by atoms with Gasteiger partial charge in [0.1, 0.15) is 17.1 Å². The molecule has 162 valence electrons. The van der Waals surface area contributed by atoms with E-state index in [4.69, 9.17) is 4.74 Å². The van der Waals surface area contributed by atoms with Gasteiger partial charge in [-0.15, -0.1) is 0 Å². The van der Waals surface area contributed by atoms with Crippen molar-refractivity contribution in [1.82, 2.24) is 10.3 Å². The van der Waals surface area contributed by atoms with Gasteiger partial charge in [-0.2, -0.15) is 0 Å². The van der Waals surface area contributed by atoms with E-state index >= 15 is 0 Å². The van der Waals surface area contributed by atoms with Crippen molar-refractivity contribution in [3.8, 4) is 11.6 Å². The summed E-state index contributed by atoms with van der Waals surface area (Å²) in [6.07, 6.45) is 2.27. The highest BCUT2D eigenvalue weighted by atomic mass is 32.2. The van der Waals surface area contributed by atoms with E-state index < -0.39 is 15.8 Å². The van der Waals surface area contributed by atoms with Crippen LogP contribution in [0.4, 0.5) is 10.1 Å². The van der Waals surface area contributed by atoms with Gasteiger partial charge in [0.15, 0.2) is 0 Å². The zero-order chi connectivity index (χ0) is 22.4. The van der Waals surface area contributed by atoms with E-state index in [-0.39, 0.29) is 39.7 Å². The van der Waals surface area contributed by atoms with Crippen molar-refractivity contribution >= 4 is 21.6 Å². The summed E-state index contributed by atoms with van der Waals surface area (Å²) in [4.78, 5) is 16.6. The van der Waals surface area contributed by atoms with Gasteiger partial charge in [-0.25, -0.2) is 17.8 Å². The first-order valence-electron chi connectivity index (χ1n) is 9.60. The third-order valence-corrected chi connectivity index (χ3v) is 5.83. The van der Waals surface area contributed by atoms with Crippen molar-refractivity contribution in [2.45, 2.75) is 31.2 Å². The number of benzene rings is 2. The first-order valence-corrected chi connectivity index (χ1v) is 11.1. The van der Waals surface area contributed by atoms with Crippen molar-refractivity contribution < 1.29 is 22.3 Å². The third-order valence-electron chi connectivity index (χ3n) is 4.43. The number of nitrogens with zero attached hydrogens (tertiary/aromatic N) is 1. The van der Waals surface area contributed by atoms with Crippen LogP contribution in [0.25, 0.3) is 0 Å². The number of sulfonamides is 1. The highest BCUT2D eigenvalue weighted by Gasteiger charge is 2.17. The molecule has 0 aliphatic heterocycles. The fraction of sp³-hybridized carbons (Fsp3) is 0.182. The summed E-state index contributed by atoms with van der Waals surface area (Å²) in [5, 5.41) is 2.86. The summed E-state index contributed by atoms with van der Waals surface area (Å²) in [6.45, 7) is 3.86. The monoisotopic (exact) mass is 443 g/mol. The molecule has 1 aromatic heterocycles. The van der Waals surface area contributed by atoms with Crippen molar-refractivity contribution in [2.75, 3.05) is 4.72 Å². The van der Waals surface area contributed by atoms with E-state index in [0.717, 1.165) is 18.6 Å². The lowest BCUT2D eigenvalue weighted by atomic mass is 10.2. The average Bonchev–Trinajstić information content (AvgIpc) is 2.74. The first kappa shape index (κ1) is 22.2. The molecule has 3 rings (SSSR count). The van der Waals surface area contributed by atoms with Gasteiger partial charge in [0.05, 0.1) is 10.6 Å². The maximum Gasteiger partial charge on any atom is 0.261 e. The number of anilines is 1. The maximum absolute atomic E-state index is 13.1. The molecule has 0 saturated carbocycles. The molecule has 3 aromatic rings. The normalized spacial score (nSPS) is 12.1. The topological polar surface area (TPSA) is 97.4 Å². The Kier molecular flexibility index (Phi) is 6.86. The lowest BCUT2D eigenvalue weighted by Crippen LogP contribution is -2.32. The second-order valence-electron chi connectivity index (χ2n) is 6.83. The second kappa shape index (κ2) is 9.57. The standard InChI is InChI=1S/C22H22FN3O4S/c1-3-15(2)25-21(27)20-8-5-13-24-22(20)30-18-7-4-6-17(14-18)26-31(28,29)19-11-9-16(23)10-12-19/h4-15,26H,3H2,1-2H3,(H,25,27)/t15-/m1/s1. The molecule has 1 heterocycles. The van der Waals surface area contributed by atoms with Gasteiger partial charge >= 0.3 is 0 Å². The second-order valence-corrected chi connectivity index (χ2v) is 8.51. The number of nitrogens with one attached hydrogen (secondary N) is 2. The highest BCUT2D eigenvalue weighted by molar-refractivity contribution is 7.92. The van der Waals surface area contributed by atoms with Crippen LogP contribution in [-0.2, 0) is 10.0 Å². The minimum Gasteiger partial charge on any atom is -0.438 e. The number of amides is 1. The molecule has 1 amide bonds. The SMILES string of the molecule is CC[C@@H](C)NC(=O)c1cccnc1Oc1cccc(NS(=O)(=O)c2ccc(F)cc2)c1. The van der Waals surface area contributed by atoms with Gasteiger partial charge in [0.25, 0.3) is 15.9 Å². The summed E-state index contributed by atoms with van der Waals surface area (Å²) < 4.78 is 46.3. The van der Waals surface area contributed by atoms with Crippen LogP contribution in [0.15, 0.2) is 71.8 Å². The number of hydrogen-bond acceptors (Lipinski definition) is 5. The molecule has 0 aliphatic rings. The number of carbonyl (C=O) groups excluding carboxylic acids is 1. The van der Waals surface area contributed by atoms with Crippen molar-refractivity contribution in [3.05, 3.63) is 78.2 Å². The van der Waals surface area contributed by atoms with Crippen LogP contribution in [0, 0.1) is 5.82 Å². The molecule has 2 aromatic carbocycles. The molecule has 0 spiro atoms. The Morgan fingerprint density at radius 1 is 1.13 bits per heavy atom. The van der Waals surface area contributed by atoms with E-state index in [9.17, 15) is 17.6 Å². The van der Waals surface area contributed by atoms with Gasteiger partial charge in [-0.1, -0.05) is 13.0 Å². The number of aromatic nitrogens is 1. The number of rotatable bonds is 8. The molecular weight excluding hydrogens is 421 g/mol. The molecule has 9 heteroatoms. The maximum atomic E-state index is 13.1. The molecule has 0 bridgehead atoms. The number of halogens is 1. The number of hydrogen-bond donors (Lipinski definition) is 2. The van der Waals surface area contributed by atoms with E-state index in [1.54, 1.807) is 30.3 Å². The Hall–Kier alpha value is -3.46. The predicted molar refractivity (Wildman–Crippen MR) is 115 cm³/mol. The van der Waals surface area contributed by atoms with Crippen LogP contribution in [0.5, 0.6) is 11.6 Å². The van der Waals surface area contributed by atoms with Crippen molar-refractivity contribution in [1.29, 1.82) is 0 Å². The first-order chi connectivity index (χ1) is 14.8. The Morgan fingerprint density at radius 2 is 1.87 bits per heavy atom.